The molecule has 0 aliphatic heterocycles. The summed E-state index contributed by atoms with van der Waals surface area (Å²) in [6.45, 7) is 11.4. The summed E-state index contributed by atoms with van der Waals surface area (Å²) in [5, 5.41) is 14.9. The first-order chi connectivity index (χ1) is 32.6. The van der Waals surface area contributed by atoms with E-state index in [0.29, 0.717) is 5.56 Å². The van der Waals surface area contributed by atoms with E-state index in [0.717, 1.165) is 47.6 Å². The number of carboxylic acids is 1. The zero-order chi connectivity index (χ0) is 51.4. The Hall–Kier alpha value is -8.46. The van der Waals surface area contributed by atoms with Crippen LogP contribution in [0, 0.1) is 0 Å². The molecule has 3 aromatic rings. The molecule has 0 fully saturated rings. The summed E-state index contributed by atoms with van der Waals surface area (Å²) in [5.41, 5.74) is -0.121. The number of nitrogens with zero attached hydrogens (tertiary/aromatic N) is 2. The highest BCUT2D eigenvalue weighted by molar-refractivity contribution is 6.00. The fourth-order valence-corrected chi connectivity index (χ4v) is 6.25. The molecule has 0 radical (unpaired) electrons. The Morgan fingerprint density at radius 3 is 1.45 bits per heavy atom. The van der Waals surface area contributed by atoms with Crippen LogP contribution >= 0.6 is 0 Å². The Labute approximate surface area is 396 Å². The van der Waals surface area contributed by atoms with Crippen LogP contribution in [0.5, 0.6) is 23.0 Å². The Balaban J connectivity index is 2.06. The lowest BCUT2D eigenvalue weighted by atomic mass is 10.1. The summed E-state index contributed by atoms with van der Waals surface area (Å²) in [4.78, 5) is 128. The van der Waals surface area contributed by atoms with Crippen molar-refractivity contribution >= 4 is 59.5 Å². The number of amides is 3. The molecule has 21 heteroatoms. The Kier molecular flexibility index (Phi) is 21.2. The van der Waals surface area contributed by atoms with Crippen LogP contribution in [0.3, 0.4) is 0 Å². The topological polar surface area (TPSA) is 277 Å². The van der Waals surface area contributed by atoms with Gasteiger partial charge in [0.05, 0.1) is 22.3 Å². The average Bonchev–Trinajstić information content (AvgIpc) is 3.26. The molecule has 0 heterocycles. The number of hydrogen-bond acceptors (Lipinski definition) is 17. The molecule has 0 atom stereocenters. The lowest BCUT2D eigenvalue weighted by molar-refractivity contribution is -0.141. The molecule has 3 N–H and O–H groups in total. The molecule has 0 aliphatic rings. The van der Waals surface area contributed by atoms with Crippen molar-refractivity contribution < 1.29 is 81.5 Å². The van der Waals surface area contributed by atoms with Crippen molar-refractivity contribution in [2.24, 2.45) is 0 Å². The van der Waals surface area contributed by atoms with E-state index in [1.54, 1.807) is 4.90 Å². The van der Waals surface area contributed by atoms with Crippen molar-refractivity contribution in [1.82, 2.24) is 20.4 Å². The Morgan fingerprint density at radius 1 is 0.594 bits per heavy atom. The van der Waals surface area contributed by atoms with Gasteiger partial charge in [0.25, 0.3) is 17.7 Å². The summed E-state index contributed by atoms with van der Waals surface area (Å²) >= 11 is 0. The zero-order valence-corrected chi connectivity index (χ0v) is 39.0. The molecule has 3 amide bonds. The molecule has 69 heavy (non-hydrogen) atoms. The van der Waals surface area contributed by atoms with Crippen LogP contribution in [-0.4, -0.2) is 114 Å². The predicted molar refractivity (Wildman–Crippen MR) is 243 cm³/mol. The molecular formula is C48H52N4O17. The predicted octanol–water partition coefficient (Wildman–Crippen LogP) is 4.05. The fraction of sp³-hybridized carbons (Fsp3) is 0.292. The number of benzene rings is 3. The van der Waals surface area contributed by atoms with Crippen molar-refractivity contribution in [2.45, 2.75) is 55.0 Å². The zero-order valence-electron chi connectivity index (χ0n) is 39.0. The number of ether oxygens (including phenoxy) is 6. The lowest BCUT2D eigenvalue weighted by Gasteiger charge is -2.29. The Morgan fingerprint density at radius 2 is 1.06 bits per heavy atom. The monoisotopic (exact) mass is 956 g/mol. The highest BCUT2D eigenvalue weighted by Gasteiger charge is 2.27. The SMILES string of the molecule is C=C/C(C(=O)N(CCN(CCNC(=O)c1cccc(OC(C)=O)c1OC(C)=O)CCNC(=O)c1cccc(OC(C)=O)c1OC(C)=O)Cc1ccc(C(=O)O)cc1)=C(OC(C)=O)\C(=C/C)OC(C)=O. The summed E-state index contributed by atoms with van der Waals surface area (Å²) in [5.74, 6) is -9.76. The first kappa shape index (κ1) is 54.9. The number of aromatic carboxylic acids is 1. The number of rotatable bonds is 23. The van der Waals surface area contributed by atoms with E-state index in [1.807, 2.05) is 0 Å². The third-order valence-corrected chi connectivity index (χ3v) is 9.09. The number of nitrogens with one attached hydrogen (secondary N) is 2. The van der Waals surface area contributed by atoms with Gasteiger partial charge in [0.1, 0.15) is 0 Å². The van der Waals surface area contributed by atoms with E-state index in [2.05, 4.69) is 17.2 Å². The normalized spacial score (nSPS) is 11.2. The van der Waals surface area contributed by atoms with Crippen LogP contribution in [0.2, 0.25) is 0 Å². The highest BCUT2D eigenvalue weighted by Crippen LogP contribution is 2.33. The molecule has 0 saturated heterocycles. The first-order valence-corrected chi connectivity index (χ1v) is 21.0. The van der Waals surface area contributed by atoms with Crippen LogP contribution in [0.4, 0.5) is 0 Å². The van der Waals surface area contributed by atoms with Crippen molar-refractivity contribution in [1.29, 1.82) is 0 Å². The van der Waals surface area contributed by atoms with Gasteiger partial charge in [-0.25, -0.2) is 4.79 Å². The van der Waals surface area contributed by atoms with Gasteiger partial charge < -0.3 is 49.1 Å². The molecule has 0 unspecified atom stereocenters. The second-order valence-electron chi connectivity index (χ2n) is 14.5. The van der Waals surface area contributed by atoms with Crippen LogP contribution in [0.1, 0.15) is 85.1 Å². The summed E-state index contributed by atoms with van der Waals surface area (Å²) in [7, 11) is 0. The van der Waals surface area contributed by atoms with Crippen molar-refractivity contribution in [3.63, 3.8) is 0 Å². The standard InChI is InChI=1S/C48H52N4O17/c1-9-36(42(67-31(6)56)39(10-2)64-28(3)53)47(61)52(27-34-17-19-35(20-18-34)48(62)63)26-25-51(23-21-49-45(59)37-13-11-15-40(65-29(4)54)43(37)68-32(7)57)24-22-50-46(60)38-14-12-16-41(66-30(5)55)44(38)69-33(8)58/h9-20H,1,21-27H2,2-8H3,(H,49,59)(H,50,60)(H,62,63)/b39-10+,42-36-. The lowest BCUT2D eigenvalue weighted by Crippen LogP contribution is -2.44. The quantitative estimate of drug-likeness (QED) is 0.0397. The van der Waals surface area contributed by atoms with Gasteiger partial charge >= 0.3 is 41.8 Å². The summed E-state index contributed by atoms with van der Waals surface area (Å²) < 4.78 is 31.4. The maximum atomic E-state index is 14.6. The van der Waals surface area contributed by atoms with Crippen molar-refractivity contribution in [3.8, 4) is 23.0 Å². The van der Waals surface area contributed by atoms with Crippen LogP contribution in [-0.2, 0) is 49.6 Å². The Bertz CT molecular complexity index is 2450. The smallest absolute Gasteiger partial charge is 0.335 e. The summed E-state index contributed by atoms with van der Waals surface area (Å²) in [6, 6.07) is 13.8. The van der Waals surface area contributed by atoms with E-state index < -0.39 is 65.3 Å². The van der Waals surface area contributed by atoms with E-state index in [1.165, 1.54) is 78.6 Å². The summed E-state index contributed by atoms with van der Waals surface area (Å²) in [6.07, 6.45) is 2.41. The van der Waals surface area contributed by atoms with E-state index in [9.17, 15) is 53.1 Å². The minimum Gasteiger partial charge on any atom is -0.478 e. The maximum absolute atomic E-state index is 14.6. The average molecular weight is 957 g/mol. The van der Waals surface area contributed by atoms with Gasteiger partial charge in [-0.2, -0.15) is 0 Å². The largest absolute Gasteiger partial charge is 0.478 e. The maximum Gasteiger partial charge on any atom is 0.335 e. The molecule has 3 rings (SSSR count). The fourth-order valence-electron chi connectivity index (χ4n) is 6.25. The van der Waals surface area contributed by atoms with Gasteiger partial charge in [0.15, 0.2) is 34.5 Å². The third kappa shape index (κ3) is 17.4. The van der Waals surface area contributed by atoms with Crippen molar-refractivity contribution in [2.75, 3.05) is 39.3 Å². The van der Waals surface area contributed by atoms with Crippen LogP contribution < -0.4 is 29.6 Å². The van der Waals surface area contributed by atoms with Gasteiger partial charge in [-0.3, -0.25) is 48.1 Å². The number of carbonyl (C=O) groups is 10. The molecule has 21 nitrogen and oxygen atoms in total. The number of carboxylic acid groups (broad SMARTS) is 1. The number of allylic oxidation sites excluding steroid dienone is 1. The van der Waals surface area contributed by atoms with Crippen molar-refractivity contribution in [3.05, 3.63) is 119 Å². The molecule has 0 bridgehead atoms. The molecular weight excluding hydrogens is 905 g/mol. The molecule has 366 valence electrons. The van der Waals surface area contributed by atoms with Gasteiger partial charge in [-0.1, -0.05) is 36.9 Å². The van der Waals surface area contributed by atoms with Crippen LogP contribution in [0.25, 0.3) is 0 Å². The molecule has 0 aromatic heterocycles. The minimum atomic E-state index is -1.18. The van der Waals surface area contributed by atoms with E-state index in [4.69, 9.17) is 28.4 Å². The second-order valence-corrected chi connectivity index (χ2v) is 14.5. The molecule has 0 aliphatic carbocycles. The number of esters is 6. The van der Waals surface area contributed by atoms with Gasteiger partial charge in [0.2, 0.25) is 0 Å². The van der Waals surface area contributed by atoms with Crippen LogP contribution in [0.15, 0.2) is 96.5 Å². The molecule has 0 saturated carbocycles. The second kappa shape index (κ2) is 26.6. The minimum absolute atomic E-state index is 0.000297. The van der Waals surface area contributed by atoms with Gasteiger partial charge in [-0.05, 0) is 55.0 Å². The molecule has 3 aromatic carbocycles. The van der Waals surface area contributed by atoms with Gasteiger partial charge in [-0.15, -0.1) is 0 Å². The number of hydrogen-bond donors (Lipinski definition) is 3. The van der Waals surface area contributed by atoms with Gasteiger partial charge in [0, 0.05) is 87.4 Å². The first-order valence-electron chi connectivity index (χ1n) is 21.0. The van der Waals surface area contributed by atoms with E-state index >= 15 is 0 Å². The molecule has 0 spiro atoms. The third-order valence-electron chi connectivity index (χ3n) is 9.09. The number of carbonyl (C=O) groups excluding carboxylic acids is 9. The highest BCUT2D eigenvalue weighted by atomic mass is 16.6. The van der Waals surface area contributed by atoms with E-state index in [-0.39, 0.29) is 96.8 Å². The number of para-hydroxylation sites is 2.